The first-order valence-corrected chi connectivity index (χ1v) is 5.61. The summed E-state index contributed by atoms with van der Waals surface area (Å²) in [4.78, 5) is 23.0. The van der Waals surface area contributed by atoms with Gasteiger partial charge in [-0.25, -0.2) is 9.18 Å². The quantitative estimate of drug-likeness (QED) is 0.921. The summed E-state index contributed by atoms with van der Waals surface area (Å²) in [5, 5.41) is 9.33. The standard InChI is InChI=1S/C13H10FNO3.ClH/c14-9-5-11(9)15-6-8(13(17)18)12(16)7-3-1-2-4-10(7)15;/h1-4,6,9,11H,5H2,(H,17,18);1H/t9-,11+;/m0./s1. The normalized spacial score (nSPS) is 20.9. The van der Waals surface area contributed by atoms with Gasteiger partial charge < -0.3 is 9.67 Å². The van der Waals surface area contributed by atoms with Gasteiger partial charge in [-0.15, -0.1) is 12.4 Å². The average Bonchev–Trinajstić information content (AvgIpc) is 3.06. The molecule has 1 aromatic heterocycles. The van der Waals surface area contributed by atoms with Crippen molar-refractivity contribution in [3.05, 3.63) is 46.2 Å². The molecule has 2 aromatic rings. The highest BCUT2D eigenvalue weighted by Crippen LogP contribution is 2.40. The van der Waals surface area contributed by atoms with E-state index in [9.17, 15) is 14.0 Å². The summed E-state index contributed by atoms with van der Waals surface area (Å²) in [5.74, 6) is -1.28. The minimum absolute atomic E-state index is 0. The third-order valence-electron chi connectivity index (χ3n) is 3.21. The summed E-state index contributed by atoms with van der Waals surface area (Å²) in [5.41, 5.74) is -0.254. The summed E-state index contributed by atoms with van der Waals surface area (Å²) < 4.78 is 14.7. The van der Waals surface area contributed by atoms with Crippen LogP contribution in [-0.2, 0) is 0 Å². The molecule has 4 nitrogen and oxygen atoms in total. The Bertz CT molecular complexity index is 713. The molecule has 1 aromatic carbocycles. The van der Waals surface area contributed by atoms with E-state index >= 15 is 0 Å². The fraction of sp³-hybridized carbons (Fsp3) is 0.231. The van der Waals surface area contributed by atoms with E-state index in [-0.39, 0.29) is 24.0 Å². The molecule has 3 rings (SSSR count). The maximum absolute atomic E-state index is 13.2. The highest BCUT2D eigenvalue weighted by molar-refractivity contribution is 5.92. The van der Waals surface area contributed by atoms with Gasteiger partial charge in [-0.1, -0.05) is 12.1 Å². The summed E-state index contributed by atoms with van der Waals surface area (Å²) >= 11 is 0. The summed E-state index contributed by atoms with van der Waals surface area (Å²) in [7, 11) is 0. The van der Waals surface area contributed by atoms with Gasteiger partial charge in [-0.05, 0) is 12.1 Å². The number of hydrogen-bond donors (Lipinski definition) is 1. The van der Waals surface area contributed by atoms with E-state index in [2.05, 4.69) is 0 Å². The van der Waals surface area contributed by atoms with Gasteiger partial charge in [0.2, 0.25) is 5.43 Å². The van der Waals surface area contributed by atoms with Crippen LogP contribution in [0.1, 0.15) is 22.8 Å². The molecule has 0 spiro atoms. The lowest BCUT2D eigenvalue weighted by Crippen LogP contribution is -2.18. The Labute approximate surface area is 113 Å². The van der Waals surface area contributed by atoms with E-state index in [0.717, 1.165) is 0 Å². The predicted octanol–water partition coefficient (Wildman–Crippen LogP) is 2.40. The SMILES string of the molecule is Cl.O=C(O)c1cn([C@@H]2C[C@@H]2F)c2ccccc2c1=O. The number of aromatic carboxylic acids is 1. The van der Waals surface area contributed by atoms with Crippen LogP contribution in [0, 0.1) is 0 Å². The molecule has 0 radical (unpaired) electrons. The number of para-hydroxylation sites is 1. The molecule has 1 heterocycles. The van der Waals surface area contributed by atoms with E-state index < -0.39 is 17.6 Å². The Morgan fingerprint density at radius 2 is 2.00 bits per heavy atom. The molecule has 1 N–H and O–H groups in total. The minimum Gasteiger partial charge on any atom is -0.477 e. The van der Waals surface area contributed by atoms with Crippen molar-refractivity contribution in [2.45, 2.75) is 18.6 Å². The number of pyridine rings is 1. The number of aromatic nitrogens is 1. The maximum Gasteiger partial charge on any atom is 0.341 e. The molecule has 0 saturated heterocycles. The second-order valence-electron chi connectivity index (χ2n) is 4.42. The first-order valence-electron chi connectivity index (χ1n) is 5.61. The lowest BCUT2D eigenvalue weighted by atomic mass is 10.1. The lowest BCUT2D eigenvalue weighted by Gasteiger charge is -2.10. The van der Waals surface area contributed by atoms with Crippen molar-refractivity contribution in [3.63, 3.8) is 0 Å². The predicted molar refractivity (Wildman–Crippen MR) is 71.0 cm³/mol. The van der Waals surface area contributed by atoms with Gasteiger partial charge in [0.05, 0.1) is 11.6 Å². The summed E-state index contributed by atoms with van der Waals surface area (Å²) in [6.07, 6.45) is 0.654. The van der Waals surface area contributed by atoms with Crippen LogP contribution in [0.15, 0.2) is 35.3 Å². The fourth-order valence-corrected chi connectivity index (χ4v) is 2.17. The second-order valence-corrected chi connectivity index (χ2v) is 4.42. The van der Waals surface area contributed by atoms with Crippen molar-refractivity contribution in [1.82, 2.24) is 4.57 Å². The Hall–Kier alpha value is -1.88. The Balaban J connectivity index is 0.00000133. The van der Waals surface area contributed by atoms with Crippen LogP contribution in [0.2, 0.25) is 0 Å². The zero-order valence-corrected chi connectivity index (χ0v) is 10.6. The molecule has 1 aliphatic rings. The number of fused-ring (bicyclic) bond motifs is 1. The van der Waals surface area contributed by atoms with Crippen LogP contribution in [-0.4, -0.2) is 21.8 Å². The number of carbonyl (C=O) groups is 1. The lowest BCUT2D eigenvalue weighted by molar-refractivity contribution is 0.0694. The van der Waals surface area contributed by atoms with Gasteiger partial charge in [0, 0.05) is 18.0 Å². The van der Waals surface area contributed by atoms with E-state index in [1.165, 1.54) is 6.20 Å². The zero-order valence-electron chi connectivity index (χ0n) is 9.75. The highest BCUT2D eigenvalue weighted by atomic mass is 35.5. The van der Waals surface area contributed by atoms with Gasteiger partial charge in [-0.3, -0.25) is 4.79 Å². The number of carboxylic acids is 1. The number of nitrogens with zero attached hydrogens (tertiary/aromatic N) is 1. The number of carboxylic acid groups (broad SMARTS) is 1. The molecule has 0 amide bonds. The molecule has 0 bridgehead atoms. The fourth-order valence-electron chi connectivity index (χ4n) is 2.17. The monoisotopic (exact) mass is 283 g/mol. The summed E-state index contributed by atoms with van der Waals surface area (Å²) in [6.45, 7) is 0. The molecular formula is C13H11ClFNO3. The molecule has 1 fully saturated rings. The highest BCUT2D eigenvalue weighted by Gasteiger charge is 2.39. The number of rotatable bonds is 2. The largest absolute Gasteiger partial charge is 0.477 e. The smallest absolute Gasteiger partial charge is 0.341 e. The first-order chi connectivity index (χ1) is 8.59. The van der Waals surface area contributed by atoms with Crippen LogP contribution in [0.4, 0.5) is 4.39 Å². The third kappa shape index (κ3) is 2.10. The molecule has 2 atom stereocenters. The van der Waals surface area contributed by atoms with Crippen molar-refractivity contribution >= 4 is 29.3 Å². The molecule has 100 valence electrons. The second kappa shape index (κ2) is 4.66. The Kier molecular flexibility index (Phi) is 3.32. The van der Waals surface area contributed by atoms with Crippen molar-refractivity contribution in [1.29, 1.82) is 0 Å². The van der Waals surface area contributed by atoms with Crippen molar-refractivity contribution < 1.29 is 14.3 Å². The van der Waals surface area contributed by atoms with Gasteiger partial charge in [0.1, 0.15) is 11.7 Å². The van der Waals surface area contributed by atoms with Crippen LogP contribution in [0.25, 0.3) is 10.9 Å². The van der Waals surface area contributed by atoms with Crippen molar-refractivity contribution in [2.24, 2.45) is 0 Å². The van der Waals surface area contributed by atoms with Gasteiger partial charge in [-0.2, -0.15) is 0 Å². The van der Waals surface area contributed by atoms with Gasteiger partial charge in [0.15, 0.2) is 0 Å². The van der Waals surface area contributed by atoms with Crippen LogP contribution < -0.4 is 5.43 Å². The number of alkyl halides is 1. The molecule has 6 heteroatoms. The van der Waals surface area contributed by atoms with E-state index in [1.54, 1.807) is 28.8 Å². The van der Waals surface area contributed by atoms with E-state index in [4.69, 9.17) is 5.11 Å². The molecule has 1 saturated carbocycles. The topological polar surface area (TPSA) is 59.3 Å². The molecule has 0 unspecified atom stereocenters. The van der Waals surface area contributed by atoms with Crippen molar-refractivity contribution in [2.75, 3.05) is 0 Å². The molecule has 0 aliphatic heterocycles. The van der Waals surface area contributed by atoms with Crippen LogP contribution >= 0.6 is 12.4 Å². The Morgan fingerprint density at radius 3 is 2.58 bits per heavy atom. The van der Waals surface area contributed by atoms with Gasteiger partial charge >= 0.3 is 5.97 Å². The van der Waals surface area contributed by atoms with Crippen molar-refractivity contribution in [3.8, 4) is 0 Å². The van der Waals surface area contributed by atoms with Gasteiger partial charge in [0.25, 0.3) is 0 Å². The molecular weight excluding hydrogens is 273 g/mol. The van der Waals surface area contributed by atoms with Crippen LogP contribution in [0.3, 0.4) is 0 Å². The average molecular weight is 284 g/mol. The minimum atomic E-state index is -1.28. The first kappa shape index (κ1) is 13.5. The number of hydrogen-bond acceptors (Lipinski definition) is 2. The zero-order chi connectivity index (χ0) is 12.9. The number of halogens is 2. The Morgan fingerprint density at radius 1 is 1.37 bits per heavy atom. The van der Waals surface area contributed by atoms with Crippen LogP contribution in [0.5, 0.6) is 0 Å². The summed E-state index contributed by atoms with van der Waals surface area (Å²) in [6, 6.07) is 6.32. The number of benzene rings is 1. The molecule has 1 aliphatic carbocycles. The molecule has 19 heavy (non-hydrogen) atoms. The van der Waals surface area contributed by atoms with E-state index in [1.807, 2.05) is 0 Å². The van der Waals surface area contributed by atoms with E-state index in [0.29, 0.717) is 17.3 Å². The maximum atomic E-state index is 13.2. The third-order valence-corrected chi connectivity index (χ3v) is 3.21.